The number of alkyl halides is 1. The van der Waals surface area contributed by atoms with Gasteiger partial charge in [0.15, 0.2) is 0 Å². The van der Waals surface area contributed by atoms with E-state index >= 15 is 0 Å². The van der Waals surface area contributed by atoms with E-state index < -0.39 is 0 Å². The van der Waals surface area contributed by atoms with Crippen LogP contribution in [0.5, 0.6) is 0 Å². The molecule has 0 saturated heterocycles. The SMILES string of the molecule is CCI.CN(C)CCCOC12CC3CC(CC(C3)C1)C2. The topological polar surface area (TPSA) is 12.5 Å². The molecule has 4 rings (SSSR count). The van der Waals surface area contributed by atoms with Crippen LogP contribution >= 0.6 is 22.6 Å². The summed E-state index contributed by atoms with van der Waals surface area (Å²) >= 11 is 2.29. The van der Waals surface area contributed by atoms with E-state index in [0.717, 1.165) is 30.9 Å². The summed E-state index contributed by atoms with van der Waals surface area (Å²) in [4.78, 5) is 2.25. The van der Waals surface area contributed by atoms with Crippen LogP contribution in [-0.4, -0.2) is 42.2 Å². The molecule has 0 radical (unpaired) electrons. The van der Waals surface area contributed by atoms with E-state index in [-0.39, 0.29) is 0 Å². The van der Waals surface area contributed by atoms with Gasteiger partial charge in [0.1, 0.15) is 0 Å². The summed E-state index contributed by atoms with van der Waals surface area (Å²) in [5, 5.41) is 0. The van der Waals surface area contributed by atoms with Crippen LogP contribution in [0.3, 0.4) is 0 Å². The van der Waals surface area contributed by atoms with Crippen molar-refractivity contribution in [2.45, 2.75) is 57.5 Å². The number of ether oxygens (including phenoxy) is 1. The molecule has 0 atom stereocenters. The Hall–Kier alpha value is 0.650. The summed E-state index contributed by atoms with van der Waals surface area (Å²) in [5.74, 6) is 3.03. The monoisotopic (exact) mass is 393 g/mol. The van der Waals surface area contributed by atoms with E-state index in [4.69, 9.17) is 4.74 Å². The molecule has 0 unspecified atom stereocenters. The molecule has 4 fully saturated rings. The fourth-order valence-electron chi connectivity index (χ4n) is 4.88. The summed E-state index contributed by atoms with van der Waals surface area (Å²) in [7, 11) is 4.29. The van der Waals surface area contributed by atoms with Crippen molar-refractivity contribution in [3.05, 3.63) is 0 Å². The lowest BCUT2D eigenvalue weighted by Crippen LogP contribution is -2.52. The minimum Gasteiger partial charge on any atom is -0.375 e. The molecule has 20 heavy (non-hydrogen) atoms. The van der Waals surface area contributed by atoms with Crippen LogP contribution in [0, 0.1) is 17.8 Å². The van der Waals surface area contributed by atoms with Crippen molar-refractivity contribution in [1.82, 2.24) is 4.90 Å². The highest BCUT2D eigenvalue weighted by Gasteiger charge is 2.51. The first-order chi connectivity index (χ1) is 9.57. The maximum Gasteiger partial charge on any atom is 0.0690 e. The van der Waals surface area contributed by atoms with Gasteiger partial charge in [-0.1, -0.05) is 29.5 Å². The number of hydrogen-bond donors (Lipinski definition) is 0. The van der Waals surface area contributed by atoms with Gasteiger partial charge in [0.2, 0.25) is 0 Å². The molecule has 3 heteroatoms. The highest BCUT2D eigenvalue weighted by atomic mass is 127. The Morgan fingerprint density at radius 1 is 1.05 bits per heavy atom. The standard InChI is InChI=1S/C15H27NO.C2H5I/c1-16(2)4-3-5-17-15-9-12-6-13(10-15)8-14(7-12)11-15;1-2-3/h12-14H,3-11H2,1-2H3;2H2,1H3. The second kappa shape index (κ2) is 7.77. The van der Waals surface area contributed by atoms with Gasteiger partial charge in [-0.25, -0.2) is 0 Å². The Labute approximate surface area is 139 Å². The van der Waals surface area contributed by atoms with E-state index in [9.17, 15) is 0 Å². The summed E-state index contributed by atoms with van der Waals surface area (Å²) in [6.45, 7) is 4.25. The Bertz CT molecular complexity index is 257. The first-order valence-electron chi connectivity index (χ1n) is 8.41. The fourth-order valence-corrected chi connectivity index (χ4v) is 4.88. The zero-order valence-corrected chi connectivity index (χ0v) is 15.7. The molecule has 4 bridgehead atoms. The quantitative estimate of drug-likeness (QED) is 0.391. The molecule has 4 aliphatic carbocycles. The maximum atomic E-state index is 6.37. The van der Waals surface area contributed by atoms with E-state index in [1.54, 1.807) is 0 Å². The molecule has 0 spiro atoms. The molecule has 2 nitrogen and oxygen atoms in total. The van der Waals surface area contributed by atoms with Gasteiger partial charge in [-0.05, 0) is 87.8 Å². The molecular formula is C17H32INO. The van der Waals surface area contributed by atoms with Crippen LogP contribution in [0.15, 0.2) is 0 Å². The molecule has 0 amide bonds. The van der Waals surface area contributed by atoms with Crippen molar-refractivity contribution in [2.24, 2.45) is 17.8 Å². The highest BCUT2D eigenvalue weighted by molar-refractivity contribution is 14.1. The Morgan fingerprint density at radius 2 is 1.50 bits per heavy atom. The van der Waals surface area contributed by atoms with Gasteiger partial charge in [0, 0.05) is 6.61 Å². The van der Waals surface area contributed by atoms with Crippen LogP contribution in [0.25, 0.3) is 0 Å². The lowest BCUT2D eigenvalue weighted by atomic mass is 9.54. The average Bonchev–Trinajstić information content (AvgIpc) is 2.34. The third-order valence-corrected chi connectivity index (χ3v) is 5.14. The number of rotatable bonds is 5. The fraction of sp³-hybridized carbons (Fsp3) is 1.00. The molecular weight excluding hydrogens is 361 g/mol. The van der Waals surface area contributed by atoms with E-state index in [0.29, 0.717) is 5.60 Å². The minimum atomic E-state index is 0.320. The second-order valence-corrected chi connectivity index (χ2v) is 8.90. The first-order valence-corrected chi connectivity index (χ1v) is 9.94. The molecule has 0 aliphatic heterocycles. The van der Waals surface area contributed by atoms with E-state index in [1.807, 2.05) is 0 Å². The highest BCUT2D eigenvalue weighted by Crippen LogP contribution is 2.57. The van der Waals surface area contributed by atoms with Crippen molar-refractivity contribution >= 4 is 22.6 Å². The zero-order chi connectivity index (χ0) is 14.6. The second-order valence-electron chi connectivity index (χ2n) is 7.37. The number of nitrogens with zero attached hydrogens (tertiary/aromatic N) is 1. The van der Waals surface area contributed by atoms with Crippen LogP contribution in [0.1, 0.15) is 51.9 Å². The van der Waals surface area contributed by atoms with Gasteiger partial charge in [0.25, 0.3) is 0 Å². The third kappa shape index (κ3) is 4.57. The first kappa shape index (κ1) is 17.0. The number of halogens is 1. The van der Waals surface area contributed by atoms with Crippen LogP contribution in [0.4, 0.5) is 0 Å². The molecule has 118 valence electrons. The lowest BCUT2D eigenvalue weighted by molar-refractivity contribution is -0.162. The van der Waals surface area contributed by atoms with Gasteiger partial charge in [-0.2, -0.15) is 0 Å². The predicted octanol–water partition coefficient (Wildman–Crippen LogP) is 4.36. The molecule has 0 aromatic carbocycles. The van der Waals surface area contributed by atoms with E-state index in [1.165, 1.54) is 49.4 Å². The summed E-state index contributed by atoms with van der Waals surface area (Å²) < 4.78 is 7.59. The molecule has 0 heterocycles. The van der Waals surface area contributed by atoms with Gasteiger partial charge in [-0.3, -0.25) is 0 Å². The third-order valence-electron chi connectivity index (χ3n) is 5.14. The normalized spacial score (nSPS) is 38.0. The average molecular weight is 393 g/mol. The van der Waals surface area contributed by atoms with Gasteiger partial charge >= 0.3 is 0 Å². The van der Waals surface area contributed by atoms with Gasteiger partial charge in [-0.15, -0.1) is 0 Å². The minimum absolute atomic E-state index is 0.320. The largest absolute Gasteiger partial charge is 0.375 e. The van der Waals surface area contributed by atoms with Crippen LogP contribution < -0.4 is 0 Å². The van der Waals surface area contributed by atoms with Crippen LogP contribution in [0.2, 0.25) is 0 Å². The molecule has 0 aromatic rings. The van der Waals surface area contributed by atoms with Crippen molar-refractivity contribution in [2.75, 3.05) is 31.7 Å². The summed E-state index contributed by atoms with van der Waals surface area (Å²) in [6.07, 6.45) is 9.86. The smallest absolute Gasteiger partial charge is 0.0690 e. The van der Waals surface area contributed by atoms with Gasteiger partial charge in [0.05, 0.1) is 5.60 Å². The Kier molecular flexibility index (Phi) is 6.61. The maximum absolute atomic E-state index is 6.37. The van der Waals surface area contributed by atoms with Crippen molar-refractivity contribution in [3.63, 3.8) is 0 Å². The van der Waals surface area contributed by atoms with Crippen molar-refractivity contribution in [3.8, 4) is 0 Å². The molecule has 0 N–H and O–H groups in total. The lowest BCUT2D eigenvalue weighted by Gasteiger charge is -2.56. The Morgan fingerprint density at radius 3 is 1.90 bits per heavy atom. The number of hydrogen-bond acceptors (Lipinski definition) is 2. The molecule has 4 saturated carbocycles. The predicted molar refractivity (Wildman–Crippen MR) is 94.6 cm³/mol. The van der Waals surface area contributed by atoms with Crippen LogP contribution in [-0.2, 0) is 4.74 Å². The molecule has 4 aliphatic rings. The summed E-state index contributed by atoms with van der Waals surface area (Å²) in [6, 6.07) is 0. The van der Waals surface area contributed by atoms with Crippen molar-refractivity contribution in [1.29, 1.82) is 0 Å². The molecule has 0 aromatic heterocycles. The Balaban J connectivity index is 0.000000452. The van der Waals surface area contributed by atoms with E-state index in [2.05, 4.69) is 48.5 Å². The summed E-state index contributed by atoms with van der Waals surface area (Å²) in [5.41, 5.74) is 0.320. The van der Waals surface area contributed by atoms with Gasteiger partial charge < -0.3 is 9.64 Å². The van der Waals surface area contributed by atoms with Crippen molar-refractivity contribution < 1.29 is 4.74 Å². The zero-order valence-electron chi connectivity index (χ0n) is 13.5.